The maximum absolute atomic E-state index is 12.9. The largest absolute Gasteiger partial charge is 0.447 e. The predicted octanol–water partition coefficient (Wildman–Crippen LogP) is 4.38. The van der Waals surface area contributed by atoms with Crippen molar-refractivity contribution in [1.29, 1.82) is 0 Å². The summed E-state index contributed by atoms with van der Waals surface area (Å²) in [5, 5.41) is 10.7. The molecule has 11 nitrogen and oxygen atoms in total. The summed E-state index contributed by atoms with van der Waals surface area (Å²) in [6.45, 7) is 10.2. The fourth-order valence-corrected chi connectivity index (χ4v) is 5.56. The van der Waals surface area contributed by atoms with Crippen molar-refractivity contribution in [2.24, 2.45) is 0 Å². The lowest BCUT2D eigenvalue weighted by molar-refractivity contribution is 0.0799. The summed E-state index contributed by atoms with van der Waals surface area (Å²) in [5.41, 5.74) is 9.99. The van der Waals surface area contributed by atoms with Gasteiger partial charge in [-0.2, -0.15) is 4.72 Å². The number of rotatable bonds is 8. The summed E-state index contributed by atoms with van der Waals surface area (Å²) in [5.74, 6) is 0.615. The molecule has 0 fully saturated rings. The van der Waals surface area contributed by atoms with E-state index in [9.17, 15) is 18.3 Å². The first-order valence-electron chi connectivity index (χ1n) is 13.2. The lowest BCUT2D eigenvalue weighted by Gasteiger charge is -2.27. The molecule has 0 saturated heterocycles. The SMILES string of the molecule is Cc1cc(C)c(Oc2nc(C3=CCN(C(=O)OC(C)C)CC3)ccc2C(O)NS(=O)(=O)c2cccc(N)n2)c(C)c1. The Morgan fingerprint density at radius 2 is 1.80 bits per heavy atom. The molecule has 0 radical (unpaired) electrons. The van der Waals surface area contributed by atoms with Gasteiger partial charge in [0.25, 0.3) is 10.0 Å². The van der Waals surface area contributed by atoms with Crippen molar-refractivity contribution < 1.29 is 27.8 Å². The molecule has 0 aliphatic carbocycles. The van der Waals surface area contributed by atoms with Crippen LogP contribution in [0, 0.1) is 20.8 Å². The summed E-state index contributed by atoms with van der Waals surface area (Å²) in [6.07, 6.45) is 0.127. The molecule has 0 spiro atoms. The van der Waals surface area contributed by atoms with Gasteiger partial charge in [-0.3, -0.25) is 0 Å². The number of ether oxygens (including phenoxy) is 2. The van der Waals surface area contributed by atoms with E-state index in [4.69, 9.17) is 20.2 Å². The summed E-state index contributed by atoms with van der Waals surface area (Å²) in [4.78, 5) is 22.4. The van der Waals surface area contributed by atoms with Crippen molar-refractivity contribution in [2.75, 3.05) is 18.8 Å². The lowest BCUT2D eigenvalue weighted by atomic mass is 10.0. The molecule has 1 atom stereocenters. The number of benzene rings is 1. The van der Waals surface area contributed by atoms with Gasteiger partial charge in [-0.1, -0.05) is 29.8 Å². The van der Waals surface area contributed by atoms with Crippen LogP contribution in [-0.4, -0.2) is 53.7 Å². The van der Waals surface area contributed by atoms with Gasteiger partial charge in [-0.25, -0.2) is 23.2 Å². The van der Waals surface area contributed by atoms with Gasteiger partial charge in [0.1, 0.15) is 17.8 Å². The Hall–Kier alpha value is -4.00. The maximum Gasteiger partial charge on any atom is 0.410 e. The van der Waals surface area contributed by atoms with Crippen LogP contribution in [0.4, 0.5) is 10.6 Å². The van der Waals surface area contributed by atoms with Crippen LogP contribution in [0.3, 0.4) is 0 Å². The molecule has 12 heteroatoms. The number of nitrogens with zero attached hydrogens (tertiary/aromatic N) is 3. The number of pyridine rings is 2. The first kappa shape index (κ1) is 30.0. The molecule has 1 aromatic carbocycles. The highest BCUT2D eigenvalue weighted by atomic mass is 32.2. The number of aryl methyl sites for hydroxylation is 3. The molecule has 4 N–H and O–H groups in total. The summed E-state index contributed by atoms with van der Waals surface area (Å²) in [6, 6.07) is 11.4. The number of aromatic nitrogens is 2. The minimum Gasteiger partial charge on any atom is -0.447 e. The molecule has 1 aliphatic rings. The number of nitrogens with one attached hydrogen (secondary N) is 1. The third-order valence-corrected chi connectivity index (χ3v) is 7.72. The van der Waals surface area contributed by atoms with Crippen LogP contribution in [0.1, 0.15) is 54.4 Å². The number of aliphatic hydroxyl groups is 1. The molecular formula is C29H35N5O6S. The number of carbonyl (C=O) groups is 1. The van der Waals surface area contributed by atoms with E-state index in [2.05, 4.69) is 9.71 Å². The first-order chi connectivity index (χ1) is 19.3. The van der Waals surface area contributed by atoms with E-state index in [1.165, 1.54) is 18.2 Å². The van der Waals surface area contributed by atoms with Gasteiger partial charge in [-0.15, -0.1) is 0 Å². The molecule has 2 aromatic heterocycles. The zero-order chi connectivity index (χ0) is 29.9. The first-order valence-corrected chi connectivity index (χ1v) is 14.7. The third-order valence-electron chi connectivity index (χ3n) is 6.41. The predicted molar refractivity (Wildman–Crippen MR) is 155 cm³/mol. The fraction of sp³-hybridized carbons (Fsp3) is 0.345. The van der Waals surface area contributed by atoms with Crippen LogP contribution in [0.15, 0.2) is 53.6 Å². The van der Waals surface area contributed by atoms with E-state index >= 15 is 0 Å². The van der Waals surface area contributed by atoms with Crippen molar-refractivity contribution in [2.45, 2.75) is 58.4 Å². The van der Waals surface area contributed by atoms with Gasteiger partial charge in [0, 0.05) is 13.1 Å². The Morgan fingerprint density at radius 1 is 1.10 bits per heavy atom. The van der Waals surface area contributed by atoms with E-state index in [0.29, 0.717) is 31.0 Å². The third kappa shape index (κ3) is 7.20. The molecule has 0 bridgehead atoms. The van der Waals surface area contributed by atoms with Crippen LogP contribution in [0.2, 0.25) is 0 Å². The molecule has 3 heterocycles. The Balaban J connectivity index is 1.68. The Labute approximate surface area is 240 Å². The standard InChI is InChI=1S/C29H35N5O6S/c1-17(2)39-29(36)34-13-11-21(12-14-34)23-10-9-22(27(35)33-41(37,38)25-8-6-7-24(30)32-25)28(31-23)40-26-19(4)15-18(3)16-20(26)5/h6-11,15-17,27,33,35H,12-14H2,1-5H3,(H2,30,32). The molecule has 41 heavy (non-hydrogen) atoms. The van der Waals surface area contributed by atoms with Crippen LogP contribution in [0.25, 0.3) is 5.57 Å². The highest BCUT2D eigenvalue weighted by Gasteiger charge is 2.26. The number of hydrogen-bond donors (Lipinski definition) is 3. The fourth-order valence-electron chi connectivity index (χ4n) is 4.54. The number of nitrogens with two attached hydrogens (primary N) is 1. The van der Waals surface area contributed by atoms with Gasteiger partial charge in [0.05, 0.1) is 17.4 Å². The molecule has 218 valence electrons. The van der Waals surface area contributed by atoms with E-state index in [1.54, 1.807) is 30.9 Å². The normalized spacial score (nSPS) is 14.5. The van der Waals surface area contributed by atoms with Crippen molar-refractivity contribution in [1.82, 2.24) is 19.6 Å². The van der Waals surface area contributed by atoms with Crippen molar-refractivity contribution in [3.8, 4) is 11.6 Å². The molecule has 1 amide bonds. The molecule has 3 aromatic rings. The highest BCUT2D eigenvalue weighted by Crippen LogP contribution is 2.34. The quantitative estimate of drug-likeness (QED) is 0.328. The number of sulfonamides is 1. The molecule has 1 aliphatic heterocycles. The Morgan fingerprint density at radius 3 is 2.41 bits per heavy atom. The number of hydrogen-bond acceptors (Lipinski definition) is 9. The van der Waals surface area contributed by atoms with Gasteiger partial charge in [-0.05, 0) is 82.0 Å². The highest BCUT2D eigenvalue weighted by molar-refractivity contribution is 7.89. The van der Waals surface area contributed by atoms with Crippen LogP contribution in [-0.2, 0) is 14.8 Å². The lowest BCUT2D eigenvalue weighted by Crippen LogP contribution is -2.36. The van der Waals surface area contributed by atoms with E-state index in [0.717, 1.165) is 22.3 Å². The summed E-state index contributed by atoms with van der Waals surface area (Å²) < 4.78 is 39.7. The minimum atomic E-state index is -4.23. The van der Waals surface area contributed by atoms with Crippen LogP contribution < -0.4 is 15.2 Å². The molecule has 4 rings (SSSR count). The van der Waals surface area contributed by atoms with Crippen LogP contribution in [0.5, 0.6) is 11.6 Å². The van der Waals surface area contributed by atoms with Crippen molar-refractivity contribution in [3.63, 3.8) is 0 Å². The molecule has 1 unspecified atom stereocenters. The average Bonchev–Trinajstić information content (AvgIpc) is 2.90. The zero-order valence-corrected chi connectivity index (χ0v) is 24.5. The number of aliphatic hydroxyl groups excluding tert-OH is 1. The Bertz CT molecular complexity index is 1570. The minimum absolute atomic E-state index is 0.0273. The maximum atomic E-state index is 12.9. The second kappa shape index (κ2) is 12.2. The van der Waals surface area contributed by atoms with E-state index < -0.39 is 16.3 Å². The average molecular weight is 582 g/mol. The second-order valence-corrected chi connectivity index (χ2v) is 11.9. The van der Waals surface area contributed by atoms with Crippen molar-refractivity contribution in [3.05, 3.63) is 76.5 Å². The number of nitrogen functional groups attached to an aromatic ring is 1. The van der Waals surface area contributed by atoms with Gasteiger partial charge < -0.3 is 25.2 Å². The van der Waals surface area contributed by atoms with Crippen LogP contribution >= 0.6 is 0 Å². The topological polar surface area (TPSA) is 157 Å². The number of carbonyl (C=O) groups excluding carboxylic acids is 1. The Kier molecular flexibility index (Phi) is 8.95. The summed E-state index contributed by atoms with van der Waals surface area (Å²) >= 11 is 0. The zero-order valence-electron chi connectivity index (χ0n) is 23.7. The number of amides is 1. The molecule has 0 saturated carbocycles. The molecular weight excluding hydrogens is 546 g/mol. The van der Waals surface area contributed by atoms with Gasteiger partial charge in [0.2, 0.25) is 5.88 Å². The van der Waals surface area contributed by atoms with E-state index in [1.807, 2.05) is 39.0 Å². The summed E-state index contributed by atoms with van der Waals surface area (Å²) in [7, 11) is -4.23. The van der Waals surface area contributed by atoms with Crippen molar-refractivity contribution >= 4 is 27.5 Å². The monoisotopic (exact) mass is 581 g/mol. The second-order valence-electron chi connectivity index (χ2n) is 10.2. The smallest absolute Gasteiger partial charge is 0.410 e. The van der Waals surface area contributed by atoms with Gasteiger partial charge in [0.15, 0.2) is 5.03 Å². The number of anilines is 1. The van der Waals surface area contributed by atoms with Gasteiger partial charge >= 0.3 is 6.09 Å². The van der Waals surface area contributed by atoms with E-state index in [-0.39, 0.29) is 34.5 Å².